The zero-order valence-corrected chi connectivity index (χ0v) is 24.7. The average molecular weight is 549 g/mol. The number of aldehydes is 1. The number of hydrogen-bond donors (Lipinski definition) is 0. The summed E-state index contributed by atoms with van der Waals surface area (Å²) in [7, 11) is -3.14. The molecular weight excluding hydrogens is 512 g/mol. The molecule has 4 aromatic rings. The predicted molar refractivity (Wildman–Crippen MR) is 169 cm³/mol. The minimum Gasteiger partial charge on any atom is -0.298 e. The molecule has 0 saturated heterocycles. The third-order valence-electron chi connectivity index (χ3n) is 7.84. The van der Waals surface area contributed by atoms with Crippen LogP contribution in [0, 0.1) is 5.41 Å². The van der Waals surface area contributed by atoms with E-state index in [1.54, 1.807) is 11.6 Å². The number of carbonyl (C=O) groups is 1. The molecule has 40 heavy (non-hydrogen) atoms. The largest absolute Gasteiger partial charge is 0.298 e. The molecule has 3 nitrogen and oxygen atoms in total. The summed E-state index contributed by atoms with van der Waals surface area (Å²) in [6.45, 7) is 9.27. The van der Waals surface area contributed by atoms with E-state index in [1.165, 1.54) is 44.5 Å². The molecule has 4 heteroatoms. The Balaban J connectivity index is 0.000000223. The van der Waals surface area contributed by atoms with Crippen LogP contribution in [-0.4, -0.2) is 21.0 Å². The van der Waals surface area contributed by atoms with Gasteiger partial charge in [0, 0.05) is 17.2 Å². The van der Waals surface area contributed by atoms with Crippen LogP contribution in [0.3, 0.4) is 0 Å². The van der Waals surface area contributed by atoms with Gasteiger partial charge in [-0.1, -0.05) is 106 Å². The Labute approximate surface area is 237 Å². The van der Waals surface area contributed by atoms with Crippen molar-refractivity contribution in [1.82, 2.24) is 0 Å². The van der Waals surface area contributed by atoms with Gasteiger partial charge in [-0.05, 0) is 85.7 Å². The Morgan fingerprint density at radius 3 is 2.17 bits per heavy atom. The monoisotopic (exact) mass is 548 g/mol. The maximum absolute atomic E-state index is 11.5. The molecule has 0 heterocycles. The summed E-state index contributed by atoms with van der Waals surface area (Å²) in [4.78, 5) is 10.5. The number of sulfone groups is 1. The van der Waals surface area contributed by atoms with E-state index in [0.717, 1.165) is 35.6 Å². The standard InChI is InChI=1S/C25H28O2S.C11H8O/c1-24(2)12-10-20-19(15-24)16-25(3,4)23-21(20)9-8-18-7-6-17(14-22(18)23)11-13-28(5,26)27;12-8-9-5-6-10-3-1-2-4-11(10)7-9/h6-14H,15-16H2,1-5H3;1-8H/b13-11+;. The average Bonchev–Trinajstić information content (AvgIpc) is 2.90. The van der Waals surface area contributed by atoms with Gasteiger partial charge in [-0.3, -0.25) is 4.79 Å². The number of fused-ring (bicyclic) bond motifs is 5. The summed E-state index contributed by atoms with van der Waals surface area (Å²) in [6, 6.07) is 24.3. The minimum absolute atomic E-state index is 0.0358. The smallest absolute Gasteiger partial charge is 0.168 e. The molecule has 2 aliphatic rings. The van der Waals surface area contributed by atoms with E-state index >= 15 is 0 Å². The maximum Gasteiger partial charge on any atom is 0.168 e. The first-order chi connectivity index (χ1) is 18.9. The van der Waals surface area contributed by atoms with Crippen LogP contribution in [0.25, 0.3) is 33.2 Å². The van der Waals surface area contributed by atoms with Gasteiger partial charge in [0.15, 0.2) is 9.84 Å². The number of carbonyl (C=O) groups excluding carboxylic acids is 1. The van der Waals surface area contributed by atoms with Crippen molar-refractivity contribution >= 4 is 49.3 Å². The first-order valence-electron chi connectivity index (χ1n) is 13.7. The van der Waals surface area contributed by atoms with Crippen LogP contribution in [0.15, 0.2) is 95.9 Å². The van der Waals surface area contributed by atoms with Crippen molar-refractivity contribution in [2.75, 3.05) is 6.26 Å². The molecule has 0 aromatic heterocycles. The van der Waals surface area contributed by atoms with Crippen molar-refractivity contribution < 1.29 is 13.2 Å². The Hall–Kier alpha value is -3.76. The number of hydrogen-bond acceptors (Lipinski definition) is 3. The Bertz CT molecular complexity index is 1830. The fourth-order valence-corrected chi connectivity index (χ4v) is 6.47. The molecule has 0 amide bonds. The van der Waals surface area contributed by atoms with Crippen LogP contribution in [0.5, 0.6) is 0 Å². The van der Waals surface area contributed by atoms with Crippen LogP contribution < -0.4 is 0 Å². The molecular formula is C36H36O3S. The predicted octanol–water partition coefficient (Wildman–Crippen LogP) is 8.93. The van der Waals surface area contributed by atoms with Crippen LogP contribution in [0.2, 0.25) is 0 Å². The van der Waals surface area contributed by atoms with Crippen LogP contribution in [0.1, 0.15) is 67.6 Å². The summed E-state index contributed by atoms with van der Waals surface area (Å²) in [5.41, 5.74) is 7.54. The van der Waals surface area contributed by atoms with Gasteiger partial charge in [0.1, 0.15) is 6.29 Å². The molecule has 0 N–H and O–H groups in total. The van der Waals surface area contributed by atoms with Gasteiger partial charge >= 0.3 is 0 Å². The summed E-state index contributed by atoms with van der Waals surface area (Å²) in [5.74, 6) is 0. The molecule has 0 unspecified atom stereocenters. The minimum atomic E-state index is -3.14. The second-order valence-electron chi connectivity index (χ2n) is 12.4. The third kappa shape index (κ3) is 5.88. The molecule has 0 atom stereocenters. The molecule has 0 spiro atoms. The van der Waals surface area contributed by atoms with Gasteiger partial charge in [-0.15, -0.1) is 0 Å². The molecule has 2 aliphatic carbocycles. The second-order valence-corrected chi connectivity index (χ2v) is 14.3. The van der Waals surface area contributed by atoms with E-state index < -0.39 is 9.84 Å². The highest BCUT2D eigenvalue weighted by Gasteiger charge is 2.36. The third-order valence-corrected chi connectivity index (χ3v) is 8.47. The highest BCUT2D eigenvalue weighted by atomic mass is 32.2. The lowest BCUT2D eigenvalue weighted by atomic mass is 9.64. The van der Waals surface area contributed by atoms with E-state index in [1.807, 2.05) is 48.5 Å². The number of allylic oxidation sites excluding steroid dienone is 4. The summed E-state index contributed by atoms with van der Waals surface area (Å²) in [6.07, 6.45) is 10.6. The zero-order chi connectivity index (χ0) is 28.7. The topological polar surface area (TPSA) is 51.2 Å². The lowest BCUT2D eigenvalue weighted by molar-refractivity contribution is 0.112. The van der Waals surface area contributed by atoms with Crippen LogP contribution in [-0.2, 0) is 15.3 Å². The van der Waals surface area contributed by atoms with Crippen molar-refractivity contribution in [3.8, 4) is 0 Å². The van der Waals surface area contributed by atoms with Crippen LogP contribution >= 0.6 is 0 Å². The molecule has 0 bridgehead atoms. The SMILES string of the molecule is CC1(C)C=CC2=C(C1)CC(C)(C)c1c2ccc2ccc(/C=C/S(C)(=O)=O)cc12.O=Cc1ccc2ccccc2c1. The molecule has 0 radical (unpaired) electrons. The van der Waals surface area contributed by atoms with Crippen LogP contribution in [0.4, 0.5) is 0 Å². The van der Waals surface area contributed by atoms with Crippen molar-refractivity contribution in [1.29, 1.82) is 0 Å². The highest BCUT2D eigenvalue weighted by molar-refractivity contribution is 7.93. The molecule has 0 aliphatic heterocycles. The summed E-state index contributed by atoms with van der Waals surface area (Å²) >= 11 is 0. The van der Waals surface area contributed by atoms with E-state index in [-0.39, 0.29) is 10.8 Å². The molecule has 0 saturated carbocycles. The van der Waals surface area contributed by atoms with E-state index in [0.29, 0.717) is 0 Å². The van der Waals surface area contributed by atoms with Gasteiger partial charge < -0.3 is 0 Å². The van der Waals surface area contributed by atoms with Crippen molar-refractivity contribution in [2.24, 2.45) is 5.41 Å². The van der Waals surface area contributed by atoms with Gasteiger partial charge in [-0.25, -0.2) is 8.42 Å². The number of benzene rings is 4. The number of rotatable bonds is 3. The first-order valence-corrected chi connectivity index (χ1v) is 15.6. The normalized spacial score (nSPS) is 17.3. The van der Waals surface area contributed by atoms with Crippen molar-refractivity contribution in [3.63, 3.8) is 0 Å². The van der Waals surface area contributed by atoms with Crippen molar-refractivity contribution in [3.05, 3.63) is 118 Å². The molecule has 204 valence electrons. The fraction of sp³-hybridized carbons (Fsp3) is 0.250. The highest BCUT2D eigenvalue weighted by Crippen LogP contribution is 2.51. The molecule has 4 aromatic carbocycles. The molecule has 6 rings (SSSR count). The Kier molecular flexibility index (Phi) is 7.18. The van der Waals surface area contributed by atoms with E-state index in [4.69, 9.17) is 0 Å². The quantitative estimate of drug-likeness (QED) is 0.240. The van der Waals surface area contributed by atoms with Crippen molar-refractivity contribution in [2.45, 2.75) is 46.0 Å². The lowest BCUT2D eigenvalue weighted by Crippen LogP contribution is -2.27. The zero-order valence-electron chi connectivity index (χ0n) is 23.9. The van der Waals surface area contributed by atoms with Gasteiger partial charge in [0.2, 0.25) is 0 Å². The van der Waals surface area contributed by atoms with Gasteiger partial charge in [-0.2, -0.15) is 0 Å². The first kappa shape index (κ1) is 27.8. The maximum atomic E-state index is 11.5. The van der Waals surface area contributed by atoms with Gasteiger partial charge in [0.25, 0.3) is 0 Å². The molecule has 0 fully saturated rings. The lowest BCUT2D eigenvalue weighted by Gasteiger charge is -2.40. The van der Waals surface area contributed by atoms with E-state index in [9.17, 15) is 13.2 Å². The summed E-state index contributed by atoms with van der Waals surface area (Å²) < 4.78 is 23.0. The Morgan fingerprint density at radius 2 is 1.45 bits per heavy atom. The van der Waals surface area contributed by atoms with Gasteiger partial charge in [0.05, 0.1) is 0 Å². The Morgan fingerprint density at radius 1 is 0.775 bits per heavy atom. The summed E-state index contributed by atoms with van der Waals surface area (Å²) in [5, 5.41) is 5.99. The second kappa shape index (κ2) is 10.3. The fourth-order valence-electron chi connectivity index (χ4n) is 6.07. The van der Waals surface area contributed by atoms with E-state index in [2.05, 4.69) is 64.1 Å².